The number of phenols is 1. The molecule has 0 saturated carbocycles. The maximum atomic E-state index is 9.44. The van der Waals surface area contributed by atoms with Crippen LogP contribution in [-0.4, -0.2) is 24.5 Å². The van der Waals surface area contributed by atoms with Crippen LogP contribution in [0.4, 0.5) is 0 Å². The quantitative estimate of drug-likeness (QED) is 0.597. The minimum atomic E-state index is 0.130. The van der Waals surface area contributed by atoms with Crippen LogP contribution in [0.1, 0.15) is 19.4 Å². The van der Waals surface area contributed by atoms with Gasteiger partial charge in [-0.1, -0.05) is 5.16 Å². The van der Waals surface area contributed by atoms with E-state index in [1.807, 2.05) is 13.8 Å². The van der Waals surface area contributed by atoms with Crippen molar-refractivity contribution in [2.24, 2.45) is 5.16 Å². The zero-order valence-electron chi connectivity index (χ0n) is 8.93. The highest BCUT2D eigenvalue weighted by Crippen LogP contribution is 2.26. The SMILES string of the molecule is CCO/N=C/c1ccc(O)c(OCC)c1. The van der Waals surface area contributed by atoms with Crippen LogP contribution in [0, 0.1) is 0 Å². The second kappa shape index (κ2) is 5.90. The molecule has 0 radical (unpaired) electrons. The average molecular weight is 209 g/mol. The van der Waals surface area contributed by atoms with E-state index in [1.54, 1.807) is 24.4 Å². The molecule has 0 fully saturated rings. The highest BCUT2D eigenvalue weighted by Gasteiger charge is 2.01. The van der Waals surface area contributed by atoms with Gasteiger partial charge in [0.1, 0.15) is 6.61 Å². The lowest BCUT2D eigenvalue weighted by molar-refractivity contribution is 0.160. The van der Waals surface area contributed by atoms with Gasteiger partial charge in [0, 0.05) is 5.56 Å². The molecule has 0 saturated heterocycles. The van der Waals surface area contributed by atoms with Crippen LogP contribution in [0.2, 0.25) is 0 Å². The van der Waals surface area contributed by atoms with Crippen molar-refractivity contribution >= 4 is 6.21 Å². The van der Waals surface area contributed by atoms with E-state index in [-0.39, 0.29) is 5.75 Å². The summed E-state index contributed by atoms with van der Waals surface area (Å²) < 4.78 is 5.23. The van der Waals surface area contributed by atoms with Gasteiger partial charge in [0.25, 0.3) is 0 Å². The monoisotopic (exact) mass is 209 g/mol. The fourth-order valence-corrected chi connectivity index (χ4v) is 1.05. The Morgan fingerprint density at radius 3 is 2.80 bits per heavy atom. The van der Waals surface area contributed by atoms with Gasteiger partial charge in [0.05, 0.1) is 12.8 Å². The maximum absolute atomic E-state index is 9.44. The molecule has 0 bridgehead atoms. The first-order valence-electron chi connectivity index (χ1n) is 4.89. The van der Waals surface area contributed by atoms with Crippen LogP contribution in [0.25, 0.3) is 0 Å². The summed E-state index contributed by atoms with van der Waals surface area (Å²) in [5, 5.41) is 13.2. The lowest BCUT2D eigenvalue weighted by Crippen LogP contribution is -1.93. The second-order valence-corrected chi connectivity index (χ2v) is 2.81. The van der Waals surface area contributed by atoms with Crippen LogP contribution < -0.4 is 4.74 Å². The van der Waals surface area contributed by atoms with Crippen molar-refractivity contribution < 1.29 is 14.7 Å². The van der Waals surface area contributed by atoms with Gasteiger partial charge in [-0.15, -0.1) is 0 Å². The van der Waals surface area contributed by atoms with Gasteiger partial charge in [0.2, 0.25) is 0 Å². The van der Waals surface area contributed by atoms with Crippen molar-refractivity contribution in [2.45, 2.75) is 13.8 Å². The first kappa shape index (κ1) is 11.4. The highest BCUT2D eigenvalue weighted by atomic mass is 16.6. The molecule has 1 aromatic carbocycles. The Hall–Kier alpha value is -1.71. The number of ether oxygens (including phenoxy) is 1. The molecule has 0 amide bonds. The standard InChI is InChI=1S/C11H15NO3/c1-3-14-11-7-9(5-6-10(11)13)8-12-15-4-2/h5-8,13H,3-4H2,1-2H3/b12-8+. The number of benzene rings is 1. The summed E-state index contributed by atoms with van der Waals surface area (Å²) in [6.45, 7) is 4.77. The number of nitrogens with zero attached hydrogens (tertiary/aromatic N) is 1. The van der Waals surface area contributed by atoms with Crippen molar-refractivity contribution in [2.75, 3.05) is 13.2 Å². The number of hydrogen-bond acceptors (Lipinski definition) is 4. The van der Waals surface area contributed by atoms with E-state index in [4.69, 9.17) is 9.57 Å². The summed E-state index contributed by atoms with van der Waals surface area (Å²) >= 11 is 0. The Kier molecular flexibility index (Phi) is 4.47. The predicted octanol–water partition coefficient (Wildman–Crippen LogP) is 2.16. The van der Waals surface area contributed by atoms with Gasteiger partial charge < -0.3 is 14.7 Å². The number of aromatic hydroxyl groups is 1. The molecule has 0 aromatic heterocycles. The fourth-order valence-electron chi connectivity index (χ4n) is 1.05. The minimum absolute atomic E-state index is 0.130. The summed E-state index contributed by atoms with van der Waals surface area (Å²) in [6, 6.07) is 5.01. The highest BCUT2D eigenvalue weighted by molar-refractivity contribution is 5.80. The molecule has 0 aliphatic rings. The van der Waals surface area contributed by atoms with E-state index < -0.39 is 0 Å². The van der Waals surface area contributed by atoms with Gasteiger partial charge in [-0.25, -0.2) is 0 Å². The van der Waals surface area contributed by atoms with Crippen LogP contribution >= 0.6 is 0 Å². The summed E-state index contributed by atoms with van der Waals surface area (Å²) in [7, 11) is 0. The Morgan fingerprint density at radius 1 is 1.33 bits per heavy atom. The molecule has 0 spiro atoms. The van der Waals surface area contributed by atoms with Crippen LogP contribution in [-0.2, 0) is 4.84 Å². The Morgan fingerprint density at radius 2 is 2.13 bits per heavy atom. The summed E-state index contributed by atoms with van der Waals surface area (Å²) in [5.41, 5.74) is 0.824. The summed E-state index contributed by atoms with van der Waals surface area (Å²) in [4.78, 5) is 4.83. The molecule has 4 heteroatoms. The van der Waals surface area contributed by atoms with E-state index in [2.05, 4.69) is 5.16 Å². The first-order valence-corrected chi connectivity index (χ1v) is 4.89. The molecule has 1 N–H and O–H groups in total. The third-order valence-electron chi connectivity index (χ3n) is 1.69. The van der Waals surface area contributed by atoms with Crippen molar-refractivity contribution in [3.63, 3.8) is 0 Å². The number of phenolic OH excluding ortho intramolecular Hbond substituents is 1. The second-order valence-electron chi connectivity index (χ2n) is 2.81. The lowest BCUT2D eigenvalue weighted by atomic mass is 10.2. The van der Waals surface area contributed by atoms with Crippen LogP contribution in [0.5, 0.6) is 11.5 Å². The molecule has 1 aromatic rings. The molecule has 0 aliphatic heterocycles. The third-order valence-corrected chi connectivity index (χ3v) is 1.69. The van der Waals surface area contributed by atoms with E-state index in [0.29, 0.717) is 19.0 Å². The van der Waals surface area contributed by atoms with E-state index >= 15 is 0 Å². The van der Waals surface area contributed by atoms with Gasteiger partial charge in [-0.05, 0) is 32.0 Å². The lowest BCUT2D eigenvalue weighted by Gasteiger charge is -2.05. The number of rotatable bonds is 5. The average Bonchev–Trinajstić information content (AvgIpc) is 2.23. The largest absolute Gasteiger partial charge is 0.504 e. The molecule has 82 valence electrons. The molecule has 0 heterocycles. The summed E-state index contributed by atoms with van der Waals surface area (Å²) in [5.74, 6) is 0.586. The molecule has 0 unspecified atom stereocenters. The molecule has 0 atom stereocenters. The van der Waals surface area contributed by atoms with Crippen molar-refractivity contribution in [1.82, 2.24) is 0 Å². The summed E-state index contributed by atoms with van der Waals surface area (Å²) in [6.07, 6.45) is 1.57. The molecular formula is C11H15NO3. The minimum Gasteiger partial charge on any atom is -0.504 e. The first-order chi connectivity index (χ1) is 7.27. The zero-order valence-corrected chi connectivity index (χ0v) is 8.93. The molecule has 0 aliphatic carbocycles. The Balaban J connectivity index is 2.77. The topological polar surface area (TPSA) is 51.0 Å². The van der Waals surface area contributed by atoms with Crippen molar-refractivity contribution in [1.29, 1.82) is 0 Å². The van der Waals surface area contributed by atoms with E-state index in [0.717, 1.165) is 5.56 Å². The van der Waals surface area contributed by atoms with Gasteiger partial charge in [0.15, 0.2) is 11.5 Å². The van der Waals surface area contributed by atoms with Gasteiger partial charge in [-0.3, -0.25) is 0 Å². The Bertz CT molecular complexity index is 337. The predicted molar refractivity (Wildman–Crippen MR) is 58.5 cm³/mol. The fraction of sp³-hybridized carbons (Fsp3) is 0.364. The van der Waals surface area contributed by atoms with Gasteiger partial charge >= 0.3 is 0 Å². The number of oxime groups is 1. The van der Waals surface area contributed by atoms with E-state index in [1.165, 1.54) is 0 Å². The maximum Gasteiger partial charge on any atom is 0.161 e. The Labute approximate surface area is 89.1 Å². The van der Waals surface area contributed by atoms with Gasteiger partial charge in [-0.2, -0.15) is 0 Å². The third kappa shape index (κ3) is 3.50. The van der Waals surface area contributed by atoms with Crippen molar-refractivity contribution in [3.05, 3.63) is 23.8 Å². The zero-order chi connectivity index (χ0) is 11.1. The van der Waals surface area contributed by atoms with Crippen LogP contribution in [0.3, 0.4) is 0 Å². The molecule has 1 rings (SSSR count). The smallest absolute Gasteiger partial charge is 0.161 e. The molecule has 4 nitrogen and oxygen atoms in total. The normalized spacial score (nSPS) is 10.5. The molecule has 15 heavy (non-hydrogen) atoms. The van der Waals surface area contributed by atoms with E-state index in [9.17, 15) is 5.11 Å². The van der Waals surface area contributed by atoms with Crippen molar-refractivity contribution in [3.8, 4) is 11.5 Å². The van der Waals surface area contributed by atoms with Crippen LogP contribution in [0.15, 0.2) is 23.4 Å². The number of hydrogen-bond donors (Lipinski definition) is 1. The molecular weight excluding hydrogens is 194 g/mol.